The van der Waals surface area contributed by atoms with Crippen LogP contribution < -0.4 is 0 Å². The summed E-state index contributed by atoms with van der Waals surface area (Å²) in [7, 11) is -3.59. The van der Waals surface area contributed by atoms with Crippen LogP contribution in [-0.4, -0.2) is 66.3 Å². The lowest BCUT2D eigenvalue weighted by Crippen LogP contribution is -2.47. The number of aryl methyl sites for hydroxylation is 1. The maximum atomic E-state index is 13.7. The quantitative estimate of drug-likeness (QED) is 0.782. The molecular formula is C20H27N3O2S2. The summed E-state index contributed by atoms with van der Waals surface area (Å²) in [6.07, 6.45) is 3.34. The Kier molecular flexibility index (Phi) is 5.73. The van der Waals surface area contributed by atoms with Crippen molar-refractivity contribution in [3.8, 4) is 0 Å². The third-order valence-corrected chi connectivity index (χ3v) is 8.64. The fourth-order valence-electron chi connectivity index (χ4n) is 4.08. The standard InChI is InChI=1S/C20H27N3O2S2/c1-16-8-9-17-6-4-7-19(20(17)21-16)27(24,25)23-12-5-13-26-15-18(23)14-22-10-2-3-11-22/h4,6-9,18H,2-3,5,10-15H2,1H3. The largest absolute Gasteiger partial charge is 0.302 e. The minimum absolute atomic E-state index is 0.0284. The Labute approximate surface area is 166 Å². The van der Waals surface area contributed by atoms with E-state index in [4.69, 9.17) is 0 Å². The van der Waals surface area contributed by atoms with Gasteiger partial charge in [0, 0.05) is 36.0 Å². The molecule has 0 saturated carbocycles. The number of likely N-dealkylation sites (tertiary alicyclic amines) is 1. The van der Waals surface area contributed by atoms with E-state index in [1.165, 1.54) is 12.8 Å². The van der Waals surface area contributed by atoms with E-state index in [1.54, 1.807) is 10.4 Å². The van der Waals surface area contributed by atoms with E-state index in [0.717, 1.165) is 48.6 Å². The lowest BCUT2D eigenvalue weighted by atomic mass is 10.2. The number of para-hydroxylation sites is 1. The highest BCUT2D eigenvalue weighted by Gasteiger charge is 2.35. The van der Waals surface area contributed by atoms with Crippen molar-refractivity contribution in [3.63, 3.8) is 0 Å². The Morgan fingerprint density at radius 1 is 1.11 bits per heavy atom. The summed E-state index contributed by atoms with van der Waals surface area (Å²) in [6.45, 7) is 5.51. The molecule has 4 rings (SSSR count). The van der Waals surface area contributed by atoms with Gasteiger partial charge >= 0.3 is 0 Å². The number of fused-ring (bicyclic) bond motifs is 1. The second kappa shape index (κ2) is 8.07. The van der Waals surface area contributed by atoms with Gasteiger partial charge in [0.25, 0.3) is 0 Å². The summed E-state index contributed by atoms with van der Waals surface area (Å²) < 4.78 is 29.2. The van der Waals surface area contributed by atoms with Gasteiger partial charge in [-0.15, -0.1) is 0 Å². The van der Waals surface area contributed by atoms with E-state index in [2.05, 4.69) is 9.88 Å². The van der Waals surface area contributed by atoms with Crippen LogP contribution in [0.25, 0.3) is 10.9 Å². The number of aromatic nitrogens is 1. The minimum Gasteiger partial charge on any atom is -0.302 e. The Balaban J connectivity index is 1.73. The van der Waals surface area contributed by atoms with Gasteiger partial charge in [-0.05, 0) is 57.2 Å². The molecule has 0 amide bonds. The lowest BCUT2D eigenvalue weighted by Gasteiger charge is -2.32. The van der Waals surface area contributed by atoms with Gasteiger partial charge in [0.1, 0.15) is 4.90 Å². The number of sulfonamides is 1. The van der Waals surface area contributed by atoms with E-state index in [1.807, 2.05) is 43.0 Å². The Morgan fingerprint density at radius 3 is 2.74 bits per heavy atom. The molecule has 0 bridgehead atoms. The molecule has 27 heavy (non-hydrogen) atoms. The van der Waals surface area contributed by atoms with Crippen LogP contribution in [0.15, 0.2) is 35.2 Å². The number of rotatable bonds is 4. The van der Waals surface area contributed by atoms with Gasteiger partial charge in [0.05, 0.1) is 5.52 Å². The van der Waals surface area contributed by atoms with E-state index in [9.17, 15) is 8.42 Å². The number of nitrogens with zero attached hydrogens (tertiary/aromatic N) is 3. The molecule has 5 nitrogen and oxygen atoms in total. The van der Waals surface area contributed by atoms with Gasteiger partial charge in [-0.1, -0.05) is 18.2 Å². The van der Waals surface area contributed by atoms with Crippen LogP contribution in [0, 0.1) is 6.92 Å². The first-order valence-corrected chi connectivity index (χ1v) is 12.3. The molecule has 0 spiro atoms. The van der Waals surface area contributed by atoms with Crippen LogP contribution in [0.2, 0.25) is 0 Å². The monoisotopic (exact) mass is 405 g/mol. The van der Waals surface area contributed by atoms with E-state index in [0.29, 0.717) is 17.0 Å². The van der Waals surface area contributed by atoms with E-state index in [-0.39, 0.29) is 6.04 Å². The SMILES string of the molecule is Cc1ccc2cccc(S(=O)(=O)N3CCCSCC3CN3CCCC3)c2n1. The second-order valence-corrected chi connectivity index (χ2v) is 10.5. The average Bonchev–Trinajstić information content (AvgIpc) is 3.04. The van der Waals surface area contributed by atoms with Crippen LogP contribution >= 0.6 is 11.8 Å². The molecule has 146 valence electrons. The molecule has 1 aromatic carbocycles. The fourth-order valence-corrected chi connectivity index (χ4v) is 7.05. The molecule has 0 radical (unpaired) electrons. The first-order valence-electron chi connectivity index (χ1n) is 9.74. The molecule has 1 atom stereocenters. The summed E-state index contributed by atoms with van der Waals surface area (Å²) in [4.78, 5) is 7.34. The van der Waals surface area contributed by atoms with Gasteiger partial charge in [0.15, 0.2) is 0 Å². The van der Waals surface area contributed by atoms with Gasteiger partial charge in [0.2, 0.25) is 10.0 Å². The zero-order chi connectivity index (χ0) is 18.9. The maximum Gasteiger partial charge on any atom is 0.245 e. The zero-order valence-corrected chi connectivity index (χ0v) is 17.4. The highest BCUT2D eigenvalue weighted by Crippen LogP contribution is 2.29. The molecule has 3 heterocycles. The average molecular weight is 406 g/mol. The van der Waals surface area contributed by atoms with Gasteiger partial charge in [-0.3, -0.25) is 4.98 Å². The first kappa shape index (κ1) is 19.2. The van der Waals surface area contributed by atoms with Crippen molar-refractivity contribution in [2.75, 3.05) is 37.7 Å². The van der Waals surface area contributed by atoms with E-state index >= 15 is 0 Å². The Morgan fingerprint density at radius 2 is 1.93 bits per heavy atom. The summed E-state index contributed by atoms with van der Waals surface area (Å²) in [6, 6.07) is 9.39. The molecule has 7 heteroatoms. The molecule has 2 saturated heterocycles. The molecule has 2 aromatic rings. The van der Waals surface area contributed by atoms with Crippen LogP contribution in [0.5, 0.6) is 0 Å². The third-order valence-electron chi connectivity index (χ3n) is 5.46. The van der Waals surface area contributed by atoms with Crippen molar-refractivity contribution in [2.45, 2.75) is 37.1 Å². The number of hydrogen-bond donors (Lipinski definition) is 0. The minimum atomic E-state index is -3.59. The van der Waals surface area contributed by atoms with Gasteiger partial charge in [-0.25, -0.2) is 8.42 Å². The topological polar surface area (TPSA) is 53.5 Å². The van der Waals surface area contributed by atoms with Gasteiger partial charge < -0.3 is 4.90 Å². The zero-order valence-electron chi connectivity index (χ0n) is 15.8. The van der Waals surface area contributed by atoms with Crippen molar-refractivity contribution in [1.29, 1.82) is 0 Å². The summed E-state index contributed by atoms with van der Waals surface area (Å²) in [5.74, 6) is 1.89. The van der Waals surface area contributed by atoms with Crippen LogP contribution in [-0.2, 0) is 10.0 Å². The summed E-state index contributed by atoms with van der Waals surface area (Å²) >= 11 is 1.88. The molecule has 1 aromatic heterocycles. The molecule has 0 aliphatic carbocycles. The predicted molar refractivity (Wildman–Crippen MR) is 112 cm³/mol. The second-order valence-electron chi connectivity index (χ2n) is 7.49. The van der Waals surface area contributed by atoms with Crippen molar-refractivity contribution in [2.24, 2.45) is 0 Å². The van der Waals surface area contributed by atoms with Crippen LogP contribution in [0.4, 0.5) is 0 Å². The summed E-state index contributed by atoms with van der Waals surface area (Å²) in [5.41, 5.74) is 1.43. The number of pyridine rings is 1. The normalized spacial score (nSPS) is 22.9. The Bertz CT molecular complexity index is 911. The molecule has 0 N–H and O–H groups in total. The molecule has 2 aliphatic rings. The lowest BCUT2D eigenvalue weighted by molar-refractivity contribution is 0.243. The highest BCUT2D eigenvalue weighted by atomic mass is 32.2. The Hall–Kier alpha value is -1.15. The molecule has 2 fully saturated rings. The van der Waals surface area contributed by atoms with Crippen molar-refractivity contribution in [3.05, 3.63) is 36.0 Å². The van der Waals surface area contributed by atoms with Crippen LogP contribution in [0.3, 0.4) is 0 Å². The third kappa shape index (κ3) is 4.01. The van der Waals surface area contributed by atoms with Crippen molar-refractivity contribution < 1.29 is 8.42 Å². The molecule has 2 aliphatic heterocycles. The van der Waals surface area contributed by atoms with Crippen molar-refractivity contribution in [1.82, 2.24) is 14.2 Å². The van der Waals surface area contributed by atoms with Crippen molar-refractivity contribution >= 4 is 32.7 Å². The maximum absolute atomic E-state index is 13.7. The molecule has 1 unspecified atom stereocenters. The molecular weight excluding hydrogens is 378 g/mol. The first-order chi connectivity index (χ1) is 13.1. The smallest absolute Gasteiger partial charge is 0.245 e. The number of hydrogen-bond acceptors (Lipinski definition) is 5. The number of thioether (sulfide) groups is 1. The summed E-state index contributed by atoms with van der Waals surface area (Å²) in [5, 5.41) is 0.877. The van der Waals surface area contributed by atoms with Crippen LogP contribution in [0.1, 0.15) is 25.0 Å². The predicted octanol–water partition coefficient (Wildman–Crippen LogP) is 3.14. The number of benzene rings is 1. The fraction of sp³-hybridized carbons (Fsp3) is 0.550. The van der Waals surface area contributed by atoms with Gasteiger partial charge in [-0.2, -0.15) is 16.1 Å². The van der Waals surface area contributed by atoms with E-state index < -0.39 is 10.0 Å². The highest BCUT2D eigenvalue weighted by molar-refractivity contribution is 7.99.